The minimum atomic E-state index is -0.420. The fraction of sp³-hybridized carbons (Fsp3) is 0.933. The molecule has 2 atom stereocenters. The van der Waals surface area contributed by atoms with Gasteiger partial charge in [0, 0.05) is 6.54 Å². The third-order valence-corrected chi connectivity index (χ3v) is 3.71. The summed E-state index contributed by atoms with van der Waals surface area (Å²) in [7, 11) is 0. The summed E-state index contributed by atoms with van der Waals surface area (Å²) in [6, 6.07) is 0. The van der Waals surface area contributed by atoms with E-state index in [0.717, 1.165) is 25.4 Å². The zero-order valence-corrected chi connectivity index (χ0v) is 13.1. The number of nitrogens with one attached hydrogen (secondary N) is 2. The molecule has 1 fully saturated rings. The van der Waals surface area contributed by atoms with Gasteiger partial charge in [0.25, 0.3) is 0 Å². The summed E-state index contributed by atoms with van der Waals surface area (Å²) in [4.78, 5) is 11.6. The number of rotatable bonds is 4. The van der Waals surface area contributed by atoms with Gasteiger partial charge in [-0.1, -0.05) is 13.8 Å². The van der Waals surface area contributed by atoms with Gasteiger partial charge in [-0.15, -0.1) is 0 Å². The fourth-order valence-corrected chi connectivity index (χ4v) is 2.81. The van der Waals surface area contributed by atoms with Crippen LogP contribution < -0.4 is 10.6 Å². The van der Waals surface area contributed by atoms with E-state index in [1.807, 2.05) is 20.8 Å². The number of piperidine rings is 1. The minimum Gasteiger partial charge on any atom is -0.444 e. The number of hydrogen-bond acceptors (Lipinski definition) is 3. The van der Waals surface area contributed by atoms with Crippen molar-refractivity contribution < 1.29 is 9.53 Å². The maximum Gasteiger partial charge on any atom is 0.407 e. The van der Waals surface area contributed by atoms with Crippen molar-refractivity contribution in [2.24, 2.45) is 17.8 Å². The van der Waals surface area contributed by atoms with Gasteiger partial charge in [0.15, 0.2) is 0 Å². The largest absolute Gasteiger partial charge is 0.444 e. The smallest absolute Gasteiger partial charge is 0.407 e. The van der Waals surface area contributed by atoms with Crippen molar-refractivity contribution in [3.63, 3.8) is 0 Å². The molecule has 0 aromatic rings. The van der Waals surface area contributed by atoms with Crippen LogP contribution in [-0.2, 0) is 4.74 Å². The van der Waals surface area contributed by atoms with E-state index in [4.69, 9.17) is 4.74 Å². The van der Waals surface area contributed by atoms with Crippen molar-refractivity contribution in [2.45, 2.75) is 53.1 Å². The van der Waals surface area contributed by atoms with E-state index in [0.29, 0.717) is 18.4 Å². The summed E-state index contributed by atoms with van der Waals surface area (Å²) < 4.78 is 5.24. The van der Waals surface area contributed by atoms with Gasteiger partial charge in [-0.05, 0) is 64.5 Å². The average molecular weight is 270 g/mol. The monoisotopic (exact) mass is 270 g/mol. The molecular weight excluding hydrogens is 240 g/mol. The molecule has 0 radical (unpaired) electrons. The van der Waals surface area contributed by atoms with E-state index in [-0.39, 0.29) is 6.09 Å². The highest BCUT2D eigenvalue weighted by Gasteiger charge is 2.27. The highest BCUT2D eigenvalue weighted by molar-refractivity contribution is 5.67. The Balaban J connectivity index is 2.29. The van der Waals surface area contributed by atoms with E-state index in [1.54, 1.807) is 0 Å². The molecule has 0 spiro atoms. The van der Waals surface area contributed by atoms with Crippen LogP contribution in [0.1, 0.15) is 47.5 Å². The lowest BCUT2D eigenvalue weighted by Gasteiger charge is -2.35. The maximum atomic E-state index is 11.6. The van der Waals surface area contributed by atoms with E-state index >= 15 is 0 Å². The number of hydrogen-bond donors (Lipinski definition) is 2. The highest BCUT2D eigenvalue weighted by Crippen LogP contribution is 2.28. The van der Waals surface area contributed by atoms with Crippen LogP contribution >= 0.6 is 0 Å². The Bertz CT molecular complexity index is 284. The predicted molar refractivity (Wildman–Crippen MR) is 78.2 cm³/mol. The lowest BCUT2D eigenvalue weighted by atomic mass is 9.77. The SMILES string of the molecule is CC(C)C1CCNCC1CCNC(=O)OC(C)(C)C. The minimum absolute atomic E-state index is 0.308. The Hall–Kier alpha value is -0.770. The number of carbonyl (C=O) groups is 1. The number of ether oxygens (including phenoxy) is 1. The fourth-order valence-electron chi connectivity index (χ4n) is 2.81. The van der Waals surface area contributed by atoms with Crippen LogP contribution in [0, 0.1) is 17.8 Å². The van der Waals surface area contributed by atoms with Gasteiger partial charge < -0.3 is 15.4 Å². The lowest BCUT2D eigenvalue weighted by molar-refractivity contribution is 0.0520. The first-order chi connectivity index (χ1) is 8.79. The number of carbonyl (C=O) groups excluding carboxylic acids is 1. The third kappa shape index (κ3) is 6.28. The zero-order valence-electron chi connectivity index (χ0n) is 13.1. The molecule has 0 saturated carbocycles. The molecule has 1 amide bonds. The highest BCUT2D eigenvalue weighted by atomic mass is 16.6. The van der Waals surface area contributed by atoms with Gasteiger partial charge in [0.1, 0.15) is 5.60 Å². The van der Waals surface area contributed by atoms with Crippen molar-refractivity contribution in [2.75, 3.05) is 19.6 Å². The quantitative estimate of drug-likeness (QED) is 0.826. The normalized spacial score (nSPS) is 24.3. The van der Waals surface area contributed by atoms with E-state index in [1.165, 1.54) is 6.42 Å². The van der Waals surface area contributed by atoms with Gasteiger partial charge >= 0.3 is 6.09 Å². The first kappa shape index (κ1) is 16.3. The second-order valence-corrected chi connectivity index (χ2v) is 6.88. The van der Waals surface area contributed by atoms with Crippen molar-refractivity contribution in [1.29, 1.82) is 0 Å². The van der Waals surface area contributed by atoms with Crippen LogP contribution in [0.15, 0.2) is 0 Å². The summed E-state index contributed by atoms with van der Waals surface area (Å²) in [5, 5.41) is 6.31. The van der Waals surface area contributed by atoms with E-state index in [9.17, 15) is 4.79 Å². The third-order valence-electron chi connectivity index (χ3n) is 3.71. The second-order valence-electron chi connectivity index (χ2n) is 6.88. The Kier molecular flexibility index (Phi) is 6.11. The summed E-state index contributed by atoms with van der Waals surface area (Å²) in [6.07, 6.45) is 1.96. The molecule has 1 aliphatic rings. The van der Waals surface area contributed by atoms with Crippen LogP contribution in [0.3, 0.4) is 0 Å². The van der Waals surface area contributed by atoms with Crippen LogP contribution in [-0.4, -0.2) is 31.3 Å². The molecule has 0 bridgehead atoms. The number of alkyl carbamates (subject to hydrolysis) is 1. The van der Waals surface area contributed by atoms with Crippen LogP contribution in [0.5, 0.6) is 0 Å². The molecule has 1 aliphatic heterocycles. The van der Waals surface area contributed by atoms with Crippen LogP contribution in [0.2, 0.25) is 0 Å². The molecule has 1 heterocycles. The molecule has 1 saturated heterocycles. The molecule has 112 valence electrons. The van der Waals surface area contributed by atoms with Crippen molar-refractivity contribution >= 4 is 6.09 Å². The van der Waals surface area contributed by atoms with E-state index < -0.39 is 5.60 Å². The van der Waals surface area contributed by atoms with Gasteiger partial charge in [-0.25, -0.2) is 4.79 Å². The Labute approximate surface area is 117 Å². The molecule has 4 nitrogen and oxygen atoms in total. The lowest BCUT2D eigenvalue weighted by Crippen LogP contribution is -2.41. The summed E-state index contributed by atoms with van der Waals surface area (Å²) >= 11 is 0. The Morgan fingerprint density at radius 3 is 2.68 bits per heavy atom. The zero-order chi connectivity index (χ0) is 14.5. The molecule has 0 aromatic carbocycles. The van der Waals surface area contributed by atoms with Crippen molar-refractivity contribution in [3.8, 4) is 0 Å². The van der Waals surface area contributed by atoms with Gasteiger partial charge in [-0.2, -0.15) is 0 Å². The van der Waals surface area contributed by atoms with Crippen molar-refractivity contribution in [3.05, 3.63) is 0 Å². The molecule has 2 N–H and O–H groups in total. The molecular formula is C15H30N2O2. The maximum absolute atomic E-state index is 11.6. The predicted octanol–water partition coefficient (Wildman–Crippen LogP) is 2.78. The summed E-state index contributed by atoms with van der Waals surface area (Å²) in [6.45, 7) is 13.1. The molecule has 2 unspecified atom stereocenters. The average Bonchev–Trinajstić information content (AvgIpc) is 2.27. The first-order valence-corrected chi connectivity index (χ1v) is 7.47. The molecule has 1 rings (SSSR count). The second kappa shape index (κ2) is 7.13. The Morgan fingerprint density at radius 2 is 2.11 bits per heavy atom. The molecule has 19 heavy (non-hydrogen) atoms. The van der Waals surface area contributed by atoms with Gasteiger partial charge in [0.2, 0.25) is 0 Å². The van der Waals surface area contributed by atoms with Gasteiger partial charge in [0.05, 0.1) is 0 Å². The van der Waals surface area contributed by atoms with Crippen molar-refractivity contribution in [1.82, 2.24) is 10.6 Å². The van der Waals surface area contributed by atoms with Crippen LogP contribution in [0.25, 0.3) is 0 Å². The van der Waals surface area contributed by atoms with Crippen LogP contribution in [0.4, 0.5) is 4.79 Å². The topological polar surface area (TPSA) is 50.4 Å². The standard InChI is InChI=1S/C15H30N2O2/c1-11(2)13-7-8-16-10-12(13)6-9-17-14(18)19-15(3,4)5/h11-13,16H,6-10H2,1-5H3,(H,17,18). The molecule has 0 aliphatic carbocycles. The molecule has 4 heteroatoms. The van der Waals surface area contributed by atoms with Gasteiger partial charge in [-0.3, -0.25) is 0 Å². The summed E-state index contributed by atoms with van der Waals surface area (Å²) in [5.74, 6) is 2.14. The number of amides is 1. The first-order valence-electron chi connectivity index (χ1n) is 7.47. The Morgan fingerprint density at radius 1 is 1.42 bits per heavy atom. The summed E-state index contributed by atoms with van der Waals surface area (Å²) in [5.41, 5.74) is -0.420. The molecule has 0 aromatic heterocycles. The van der Waals surface area contributed by atoms with E-state index in [2.05, 4.69) is 24.5 Å².